The van der Waals surface area contributed by atoms with Crippen molar-refractivity contribution in [3.63, 3.8) is 0 Å². The van der Waals surface area contributed by atoms with E-state index in [9.17, 15) is 29.3 Å². The Bertz CT molecular complexity index is 1510. The van der Waals surface area contributed by atoms with Gasteiger partial charge in [-0.05, 0) is 45.2 Å². The molecule has 224 valence electrons. The number of carbonyl (C=O) groups excluding carboxylic acids is 4. The maximum Gasteiger partial charge on any atom is 0.341 e. The molecular formula is C27H32N6O7S2. The summed E-state index contributed by atoms with van der Waals surface area (Å²) in [7, 11) is 0. The van der Waals surface area contributed by atoms with Crippen molar-refractivity contribution in [1.29, 1.82) is 0 Å². The van der Waals surface area contributed by atoms with Gasteiger partial charge in [0.2, 0.25) is 5.91 Å². The molecule has 15 heteroatoms. The summed E-state index contributed by atoms with van der Waals surface area (Å²) >= 11 is 2.14. The van der Waals surface area contributed by atoms with Gasteiger partial charge in [0.15, 0.2) is 16.8 Å². The zero-order chi connectivity index (χ0) is 31.1. The maximum absolute atomic E-state index is 13.0. The lowest BCUT2D eigenvalue weighted by Crippen LogP contribution is -2.33. The highest BCUT2D eigenvalue weighted by molar-refractivity contribution is 7.99. The number of nitrogens with one attached hydrogen (secondary N) is 2. The number of benzene rings is 1. The Labute approximate surface area is 250 Å². The van der Waals surface area contributed by atoms with Gasteiger partial charge in [0.05, 0.1) is 33.8 Å². The predicted molar refractivity (Wildman–Crippen MR) is 158 cm³/mol. The van der Waals surface area contributed by atoms with Crippen LogP contribution in [0, 0.1) is 23.0 Å². The second-order valence-electron chi connectivity index (χ2n) is 9.46. The molecule has 42 heavy (non-hydrogen) atoms. The normalized spacial score (nSPS) is 11.7. The van der Waals surface area contributed by atoms with Crippen LogP contribution >= 0.6 is 23.1 Å². The first-order chi connectivity index (χ1) is 19.9. The number of Topliss-reactive ketones (excluding diaryl/α,β-unsaturated/α-hetero) is 1. The smallest absolute Gasteiger partial charge is 0.341 e. The van der Waals surface area contributed by atoms with Crippen LogP contribution in [0.4, 0.5) is 10.7 Å². The SMILES string of the molecule is CCOC(=O)c1c(NC(=O)CSc2nnc([C@@H](NC(=O)c3cccc([N+](=O)[O-])c3)C(C)C)n2CC)sc(C(C)=O)c1C. The van der Waals surface area contributed by atoms with Crippen molar-refractivity contribution < 1.29 is 28.8 Å². The van der Waals surface area contributed by atoms with Gasteiger partial charge in [0.25, 0.3) is 11.6 Å². The molecule has 3 aromatic rings. The molecule has 0 radical (unpaired) electrons. The van der Waals surface area contributed by atoms with Gasteiger partial charge in [0, 0.05) is 24.2 Å². The number of non-ortho nitro benzene ring substituents is 1. The monoisotopic (exact) mass is 616 g/mol. The molecule has 1 atom stereocenters. The Hall–Kier alpha value is -4.11. The Morgan fingerprint density at radius 1 is 1.19 bits per heavy atom. The van der Waals surface area contributed by atoms with Gasteiger partial charge in [-0.3, -0.25) is 24.5 Å². The number of nitrogens with zero attached hydrogens (tertiary/aromatic N) is 4. The number of esters is 1. The highest BCUT2D eigenvalue weighted by atomic mass is 32.2. The molecule has 1 aromatic carbocycles. The van der Waals surface area contributed by atoms with E-state index >= 15 is 0 Å². The van der Waals surface area contributed by atoms with Crippen LogP contribution in [0.5, 0.6) is 0 Å². The minimum Gasteiger partial charge on any atom is -0.462 e. The summed E-state index contributed by atoms with van der Waals surface area (Å²) in [5, 5.41) is 26.0. The Morgan fingerprint density at radius 3 is 2.50 bits per heavy atom. The van der Waals surface area contributed by atoms with Gasteiger partial charge in [-0.25, -0.2) is 4.79 Å². The van der Waals surface area contributed by atoms with Crippen molar-refractivity contribution in [3.8, 4) is 0 Å². The number of nitro benzene ring substituents is 1. The molecule has 0 aliphatic heterocycles. The average Bonchev–Trinajstić information content (AvgIpc) is 3.50. The molecular weight excluding hydrogens is 584 g/mol. The van der Waals surface area contributed by atoms with Crippen molar-refractivity contribution in [2.24, 2.45) is 5.92 Å². The topological polar surface area (TPSA) is 175 Å². The Balaban J connectivity index is 1.78. The van der Waals surface area contributed by atoms with Crippen LogP contribution in [0.2, 0.25) is 0 Å². The fraction of sp³-hybridized carbons (Fsp3) is 0.407. The number of aromatic nitrogens is 3. The summed E-state index contributed by atoms with van der Waals surface area (Å²) < 4.78 is 6.90. The zero-order valence-electron chi connectivity index (χ0n) is 24.0. The quantitative estimate of drug-likeness (QED) is 0.0891. The molecule has 0 saturated heterocycles. The van der Waals surface area contributed by atoms with Crippen LogP contribution in [0.1, 0.15) is 82.4 Å². The Morgan fingerprint density at radius 2 is 1.90 bits per heavy atom. The second kappa shape index (κ2) is 14.2. The van der Waals surface area contributed by atoms with Gasteiger partial charge in [-0.1, -0.05) is 31.7 Å². The predicted octanol–water partition coefficient (Wildman–Crippen LogP) is 4.81. The molecule has 2 aromatic heterocycles. The molecule has 0 saturated carbocycles. The number of ether oxygens (including phenoxy) is 1. The molecule has 0 aliphatic carbocycles. The van der Waals surface area contributed by atoms with E-state index in [1.165, 1.54) is 31.2 Å². The number of carbonyl (C=O) groups is 4. The lowest BCUT2D eigenvalue weighted by molar-refractivity contribution is -0.384. The third-order valence-corrected chi connectivity index (χ3v) is 8.42. The van der Waals surface area contributed by atoms with E-state index in [0.717, 1.165) is 23.1 Å². The van der Waals surface area contributed by atoms with Crippen molar-refractivity contribution in [2.75, 3.05) is 17.7 Å². The molecule has 3 rings (SSSR count). The summed E-state index contributed by atoms with van der Waals surface area (Å²) in [6, 6.07) is 4.88. The number of amides is 2. The van der Waals surface area contributed by atoms with Gasteiger partial charge in [-0.15, -0.1) is 21.5 Å². The summed E-state index contributed by atoms with van der Waals surface area (Å²) in [6.07, 6.45) is 0. The number of thioether (sulfide) groups is 1. The lowest BCUT2D eigenvalue weighted by Gasteiger charge is -2.22. The number of anilines is 1. The summed E-state index contributed by atoms with van der Waals surface area (Å²) in [5.41, 5.74) is 0.560. The minimum atomic E-state index is -0.621. The number of thiophene rings is 1. The number of hydrogen-bond donors (Lipinski definition) is 2. The van der Waals surface area contributed by atoms with E-state index in [2.05, 4.69) is 20.8 Å². The van der Waals surface area contributed by atoms with E-state index in [-0.39, 0.29) is 45.9 Å². The van der Waals surface area contributed by atoms with Crippen LogP contribution < -0.4 is 10.6 Å². The fourth-order valence-corrected chi connectivity index (χ4v) is 6.04. The molecule has 0 aliphatic rings. The number of hydrogen-bond acceptors (Lipinski definition) is 11. The van der Waals surface area contributed by atoms with E-state index in [0.29, 0.717) is 28.0 Å². The number of rotatable bonds is 13. The summed E-state index contributed by atoms with van der Waals surface area (Å²) in [6.45, 7) is 11.0. The van der Waals surface area contributed by atoms with Gasteiger partial charge in [-0.2, -0.15) is 0 Å². The van der Waals surface area contributed by atoms with E-state index < -0.39 is 28.7 Å². The van der Waals surface area contributed by atoms with Gasteiger partial charge >= 0.3 is 5.97 Å². The first-order valence-electron chi connectivity index (χ1n) is 13.1. The maximum atomic E-state index is 13.0. The summed E-state index contributed by atoms with van der Waals surface area (Å²) in [4.78, 5) is 61.4. The van der Waals surface area contributed by atoms with E-state index in [1.54, 1.807) is 18.4 Å². The highest BCUT2D eigenvalue weighted by Gasteiger charge is 2.28. The largest absolute Gasteiger partial charge is 0.462 e. The average molecular weight is 617 g/mol. The highest BCUT2D eigenvalue weighted by Crippen LogP contribution is 2.34. The standard InChI is InChI=1S/C27H32N6O7S2/c1-7-32-23(21(14(3)4)29-24(36)17-10-9-11-18(12-17)33(38)39)30-31-27(32)41-13-19(35)28-25-20(26(37)40-8-2)15(5)22(42-25)16(6)34/h9-12,14,21H,7-8,13H2,1-6H3,(H,28,35)(H,29,36)/t21-/m0/s1. The number of nitro groups is 1. The molecule has 0 fully saturated rings. The molecule has 2 amide bonds. The second-order valence-corrected chi connectivity index (χ2v) is 11.4. The fourth-order valence-electron chi connectivity index (χ4n) is 4.13. The van der Waals surface area contributed by atoms with E-state index in [4.69, 9.17) is 4.74 Å². The first kappa shape index (κ1) is 32.4. The van der Waals surface area contributed by atoms with Crippen LogP contribution in [0.15, 0.2) is 29.4 Å². The van der Waals surface area contributed by atoms with E-state index in [1.807, 2.05) is 20.8 Å². The lowest BCUT2D eigenvalue weighted by atomic mass is 10.0. The Kier molecular flexibility index (Phi) is 10.9. The molecule has 0 spiro atoms. The molecule has 2 N–H and O–H groups in total. The van der Waals surface area contributed by atoms with Crippen LogP contribution in [-0.4, -0.2) is 55.6 Å². The molecule has 2 heterocycles. The van der Waals surface area contributed by atoms with Crippen molar-refractivity contribution in [3.05, 3.63) is 61.8 Å². The third kappa shape index (κ3) is 7.39. The van der Waals surface area contributed by atoms with Crippen LogP contribution in [0.3, 0.4) is 0 Å². The minimum absolute atomic E-state index is 0.0703. The third-order valence-electron chi connectivity index (χ3n) is 6.14. The summed E-state index contributed by atoms with van der Waals surface area (Å²) in [5.74, 6) is -1.47. The van der Waals surface area contributed by atoms with Gasteiger partial charge < -0.3 is 19.9 Å². The van der Waals surface area contributed by atoms with Crippen LogP contribution in [-0.2, 0) is 16.1 Å². The zero-order valence-corrected chi connectivity index (χ0v) is 25.7. The molecule has 0 bridgehead atoms. The molecule has 13 nitrogen and oxygen atoms in total. The van der Waals surface area contributed by atoms with Gasteiger partial charge in [0.1, 0.15) is 5.00 Å². The van der Waals surface area contributed by atoms with Crippen molar-refractivity contribution >= 4 is 57.4 Å². The first-order valence-corrected chi connectivity index (χ1v) is 14.9. The van der Waals surface area contributed by atoms with Crippen molar-refractivity contribution in [1.82, 2.24) is 20.1 Å². The van der Waals surface area contributed by atoms with Crippen LogP contribution in [0.25, 0.3) is 0 Å². The molecule has 0 unspecified atom stereocenters. The van der Waals surface area contributed by atoms with Crippen molar-refractivity contribution in [2.45, 2.75) is 59.3 Å². The number of ketones is 1.